The fourth-order valence-corrected chi connectivity index (χ4v) is 2.05. The second-order valence-corrected chi connectivity index (χ2v) is 4.85. The highest BCUT2D eigenvalue weighted by atomic mass is 35.5. The van der Waals surface area contributed by atoms with Crippen LogP contribution in [0.25, 0.3) is 5.82 Å². The predicted molar refractivity (Wildman–Crippen MR) is 96.2 cm³/mol. The van der Waals surface area contributed by atoms with E-state index in [4.69, 9.17) is 0 Å². The number of aryl methyl sites for hydroxylation is 2. The molecule has 2 heterocycles. The fraction of sp³-hybridized carbons (Fsp3) is 0.400. The zero-order chi connectivity index (χ0) is 15.2. The number of carbonyl (C=O) groups is 1. The highest BCUT2D eigenvalue weighted by Gasteiger charge is 2.08. The number of amides is 1. The number of nitrogens with one attached hydrogen (secondary N) is 2. The van der Waals surface area contributed by atoms with Crippen molar-refractivity contribution in [3.8, 4) is 5.82 Å². The average molecular weight is 360 g/mol. The lowest BCUT2D eigenvalue weighted by Gasteiger charge is -2.07. The highest BCUT2D eigenvalue weighted by molar-refractivity contribution is 5.93. The second kappa shape index (κ2) is 10.2. The molecule has 23 heavy (non-hydrogen) atoms. The van der Waals surface area contributed by atoms with Gasteiger partial charge in [0.1, 0.15) is 0 Å². The number of aromatic nitrogens is 3. The highest BCUT2D eigenvalue weighted by Crippen LogP contribution is 2.10. The maximum absolute atomic E-state index is 11.9. The number of rotatable bonds is 6. The van der Waals surface area contributed by atoms with E-state index in [9.17, 15) is 4.79 Å². The SMILES string of the molecule is CCNCCNC(=O)c1ccc(-n2nc(C)cc2C)nc1.Cl.Cl. The molecular formula is C15H23Cl2N5O. The van der Waals surface area contributed by atoms with Crippen molar-refractivity contribution in [2.24, 2.45) is 0 Å². The van der Waals surface area contributed by atoms with Crippen molar-refractivity contribution in [3.05, 3.63) is 41.3 Å². The topological polar surface area (TPSA) is 71.8 Å². The number of pyridine rings is 1. The van der Waals surface area contributed by atoms with Gasteiger partial charge in [0.25, 0.3) is 5.91 Å². The van der Waals surface area contributed by atoms with Crippen LogP contribution in [0.5, 0.6) is 0 Å². The van der Waals surface area contributed by atoms with Crippen LogP contribution < -0.4 is 10.6 Å². The minimum absolute atomic E-state index is 0. The summed E-state index contributed by atoms with van der Waals surface area (Å²) >= 11 is 0. The van der Waals surface area contributed by atoms with E-state index in [1.165, 1.54) is 0 Å². The van der Waals surface area contributed by atoms with Gasteiger partial charge in [0, 0.05) is 25.0 Å². The first-order valence-electron chi connectivity index (χ1n) is 7.10. The third-order valence-corrected chi connectivity index (χ3v) is 3.07. The Morgan fingerprint density at radius 3 is 2.48 bits per heavy atom. The van der Waals surface area contributed by atoms with Crippen LogP contribution in [0.3, 0.4) is 0 Å². The number of hydrogen-bond donors (Lipinski definition) is 2. The van der Waals surface area contributed by atoms with Crippen molar-refractivity contribution in [3.63, 3.8) is 0 Å². The molecule has 0 unspecified atom stereocenters. The van der Waals surface area contributed by atoms with Crippen LogP contribution in [0.2, 0.25) is 0 Å². The Morgan fingerprint density at radius 1 is 1.22 bits per heavy atom. The third kappa shape index (κ3) is 5.82. The van der Waals surface area contributed by atoms with Gasteiger partial charge in [-0.15, -0.1) is 24.8 Å². The molecular weight excluding hydrogens is 337 g/mol. The molecule has 0 radical (unpaired) electrons. The second-order valence-electron chi connectivity index (χ2n) is 4.85. The molecule has 0 atom stereocenters. The Bertz CT molecular complexity index is 613. The molecule has 128 valence electrons. The van der Waals surface area contributed by atoms with Gasteiger partial charge in [-0.2, -0.15) is 5.10 Å². The molecule has 0 saturated carbocycles. The van der Waals surface area contributed by atoms with Crippen molar-refractivity contribution in [2.45, 2.75) is 20.8 Å². The predicted octanol–water partition coefficient (Wildman–Crippen LogP) is 2.07. The summed E-state index contributed by atoms with van der Waals surface area (Å²) in [7, 11) is 0. The Balaban J connectivity index is 0.00000242. The first kappa shape index (κ1) is 21.4. The summed E-state index contributed by atoms with van der Waals surface area (Å²) in [5.41, 5.74) is 2.51. The minimum atomic E-state index is -0.111. The molecule has 0 spiro atoms. The molecule has 8 heteroatoms. The average Bonchev–Trinajstić information content (AvgIpc) is 2.82. The smallest absolute Gasteiger partial charge is 0.252 e. The van der Waals surface area contributed by atoms with Crippen LogP contribution in [0, 0.1) is 13.8 Å². The van der Waals surface area contributed by atoms with Crippen LogP contribution in [-0.2, 0) is 0 Å². The molecule has 0 saturated heterocycles. The van der Waals surface area contributed by atoms with Crippen molar-refractivity contribution in [1.29, 1.82) is 0 Å². The standard InChI is InChI=1S/C15H21N5O.2ClH/c1-4-16-7-8-17-15(21)13-5-6-14(18-10-13)20-12(3)9-11(2)19-20;;/h5-6,9-10,16H,4,7-8H2,1-3H3,(H,17,21);2*1H. The summed E-state index contributed by atoms with van der Waals surface area (Å²) in [4.78, 5) is 16.2. The van der Waals surface area contributed by atoms with Gasteiger partial charge in [0.2, 0.25) is 0 Å². The van der Waals surface area contributed by atoms with Crippen LogP contribution in [0.1, 0.15) is 28.7 Å². The van der Waals surface area contributed by atoms with E-state index in [-0.39, 0.29) is 30.7 Å². The summed E-state index contributed by atoms with van der Waals surface area (Å²) in [5.74, 6) is 0.602. The number of nitrogens with zero attached hydrogens (tertiary/aromatic N) is 3. The quantitative estimate of drug-likeness (QED) is 0.774. The van der Waals surface area contributed by atoms with Gasteiger partial charge in [0.05, 0.1) is 11.3 Å². The van der Waals surface area contributed by atoms with Gasteiger partial charge in [-0.3, -0.25) is 4.79 Å². The number of likely N-dealkylation sites (N-methyl/N-ethyl adjacent to an activating group) is 1. The molecule has 1 amide bonds. The lowest BCUT2D eigenvalue weighted by atomic mass is 10.2. The van der Waals surface area contributed by atoms with Crippen LogP contribution >= 0.6 is 24.8 Å². The van der Waals surface area contributed by atoms with Gasteiger partial charge < -0.3 is 10.6 Å². The molecule has 0 aromatic carbocycles. The summed E-state index contributed by atoms with van der Waals surface area (Å²) in [6.07, 6.45) is 1.58. The lowest BCUT2D eigenvalue weighted by molar-refractivity contribution is 0.0953. The Hall–Kier alpha value is -1.63. The van der Waals surface area contributed by atoms with Gasteiger partial charge in [-0.1, -0.05) is 6.92 Å². The van der Waals surface area contributed by atoms with Gasteiger partial charge in [-0.05, 0) is 38.6 Å². The molecule has 0 fully saturated rings. The van der Waals surface area contributed by atoms with E-state index in [1.54, 1.807) is 23.0 Å². The molecule has 2 aromatic rings. The maximum Gasteiger partial charge on any atom is 0.252 e. The zero-order valence-corrected chi connectivity index (χ0v) is 15.1. The summed E-state index contributed by atoms with van der Waals surface area (Å²) in [6.45, 7) is 8.21. The van der Waals surface area contributed by atoms with Crippen molar-refractivity contribution in [2.75, 3.05) is 19.6 Å². The fourth-order valence-electron chi connectivity index (χ4n) is 2.05. The van der Waals surface area contributed by atoms with Crippen molar-refractivity contribution in [1.82, 2.24) is 25.4 Å². The number of halogens is 2. The molecule has 2 aromatic heterocycles. The number of hydrogen-bond acceptors (Lipinski definition) is 4. The van der Waals surface area contributed by atoms with E-state index in [0.717, 1.165) is 24.5 Å². The van der Waals surface area contributed by atoms with E-state index in [1.807, 2.05) is 26.8 Å². The Kier molecular flexibility index (Phi) is 9.48. The molecule has 0 aliphatic carbocycles. The monoisotopic (exact) mass is 359 g/mol. The lowest BCUT2D eigenvalue weighted by Crippen LogP contribution is -2.31. The maximum atomic E-state index is 11.9. The molecule has 6 nitrogen and oxygen atoms in total. The van der Waals surface area contributed by atoms with Crippen molar-refractivity contribution < 1.29 is 4.79 Å². The normalized spacial score (nSPS) is 9.70. The molecule has 2 rings (SSSR count). The zero-order valence-electron chi connectivity index (χ0n) is 13.5. The van der Waals surface area contributed by atoms with E-state index in [0.29, 0.717) is 17.9 Å². The largest absolute Gasteiger partial charge is 0.351 e. The van der Waals surface area contributed by atoms with Gasteiger partial charge >= 0.3 is 0 Å². The van der Waals surface area contributed by atoms with E-state index >= 15 is 0 Å². The van der Waals surface area contributed by atoms with Crippen LogP contribution in [0.15, 0.2) is 24.4 Å². The van der Waals surface area contributed by atoms with Crippen LogP contribution in [0.4, 0.5) is 0 Å². The molecule has 0 aliphatic rings. The molecule has 0 bridgehead atoms. The molecule has 0 aliphatic heterocycles. The summed E-state index contributed by atoms with van der Waals surface area (Å²) in [6, 6.07) is 5.56. The summed E-state index contributed by atoms with van der Waals surface area (Å²) < 4.78 is 1.77. The van der Waals surface area contributed by atoms with Crippen molar-refractivity contribution >= 4 is 30.7 Å². The Morgan fingerprint density at radius 2 is 1.96 bits per heavy atom. The molecule has 2 N–H and O–H groups in total. The van der Waals surface area contributed by atoms with Crippen LogP contribution in [-0.4, -0.2) is 40.3 Å². The van der Waals surface area contributed by atoms with E-state index in [2.05, 4.69) is 20.7 Å². The summed E-state index contributed by atoms with van der Waals surface area (Å²) in [5, 5.41) is 10.4. The first-order chi connectivity index (χ1) is 10.1. The van der Waals surface area contributed by atoms with E-state index < -0.39 is 0 Å². The van der Waals surface area contributed by atoms with Gasteiger partial charge in [0.15, 0.2) is 5.82 Å². The first-order valence-corrected chi connectivity index (χ1v) is 7.10. The minimum Gasteiger partial charge on any atom is -0.351 e. The number of carbonyl (C=O) groups excluding carboxylic acids is 1. The Labute approximate surface area is 148 Å². The van der Waals surface area contributed by atoms with Gasteiger partial charge in [-0.25, -0.2) is 9.67 Å². The third-order valence-electron chi connectivity index (χ3n) is 3.07.